The summed E-state index contributed by atoms with van der Waals surface area (Å²) in [6, 6.07) is 13.0. The first-order valence-corrected chi connectivity index (χ1v) is 10.1. The summed E-state index contributed by atoms with van der Waals surface area (Å²) in [4.78, 5) is 40.3. The van der Waals surface area contributed by atoms with Crippen molar-refractivity contribution in [3.8, 4) is 5.69 Å². The molecule has 0 fully saturated rings. The highest BCUT2D eigenvalue weighted by Gasteiger charge is 2.23. The van der Waals surface area contributed by atoms with Gasteiger partial charge in [-0.1, -0.05) is 44.2 Å². The second-order valence-electron chi connectivity index (χ2n) is 7.59. The Labute approximate surface area is 179 Å². The van der Waals surface area contributed by atoms with E-state index in [0.29, 0.717) is 18.2 Å². The van der Waals surface area contributed by atoms with Crippen molar-refractivity contribution >= 4 is 5.91 Å². The number of halogens is 1. The Balaban J connectivity index is 2.23. The summed E-state index contributed by atoms with van der Waals surface area (Å²) in [7, 11) is 1.54. The number of carbonyl (C=O) groups is 1. The highest BCUT2D eigenvalue weighted by Crippen LogP contribution is 2.16. The molecule has 3 aromatic rings. The Morgan fingerprint density at radius 1 is 1.10 bits per heavy atom. The zero-order valence-corrected chi connectivity index (χ0v) is 18.0. The maximum Gasteiger partial charge on any atom is 0.352 e. The quantitative estimate of drug-likeness (QED) is 0.610. The van der Waals surface area contributed by atoms with Gasteiger partial charge in [0.2, 0.25) is 5.69 Å². The third kappa shape index (κ3) is 4.47. The SMILES string of the molecule is CCN(C)C(=O)c1nn(-c2ccc(C(C)C)cc2)c(=O)n(Cc2ccccc2F)c1=O. The summed E-state index contributed by atoms with van der Waals surface area (Å²) >= 11 is 0. The van der Waals surface area contributed by atoms with Gasteiger partial charge in [-0.25, -0.2) is 9.18 Å². The van der Waals surface area contributed by atoms with Crippen LogP contribution in [-0.2, 0) is 6.54 Å². The number of aromatic nitrogens is 3. The van der Waals surface area contributed by atoms with Gasteiger partial charge in [0.15, 0.2) is 0 Å². The van der Waals surface area contributed by atoms with E-state index in [1.807, 2.05) is 26.0 Å². The van der Waals surface area contributed by atoms with Gasteiger partial charge < -0.3 is 4.90 Å². The van der Waals surface area contributed by atoms with Crippen LogP contribution in [0.4, 0.5) is 4.39 Å². The van der Waals surface area contributed by atoms with Crippen molar-refractivity contribution in [3.63, 3.8) is 0 Å². The maximum atomic E-state index is 14.2. The molecule has 162 valence electrons. The van der Waals surface area contributed by atoms with Crippen LogP contribution in [0.5, 0.6) is 0 Å². The largest absolute Gasteiger partial charge is 0.352 e. The van der Waals surface area contributed by atoms with E-state index in [9.17, 15) is 18.8 Å². The first-order chi connectivity index (χ1) is 14.7. The second-order valence-corrected chi connectivity index (χ2v) is 7.59. The molecule has 0 aliphatic heterocycles. The van der Waals surface area contributed by atoms with E-state index >= 15 is 0 Å². The Morgan fingerprint density at radius 2 is 1.74 bits per heavy atom. The number of nitrogens with zero attached hydrogens (tertiary/aromatic N) is 4. The summed E-state index contributed by atoms with van der Waals surface area (Å²) in [6.07, 6.45) is 0. The van der Waals surface area contributed by atoms with Gasteiger partial charge in [0.05, 0.1) is 12.2 Å². The lowest BCUT2D eigenvalue weighted by atomic mass is 10.0. The molecule has 31 heavy (non-hydrogen) atoms. The molecular formula is C23H25FN4O3. The maximum absolute atomic E-state index is 14.2. The zero-order chi connectivity index (χ0) is 22.7. The van der Waals surface area contributed by atoms with Crippen LogP contribution >= 0.6 is 0 Å². The van der Waals surface area contributed by atoms with Crippen LogP contribution in [0.3, 0.4) is 0 Å². The number of benzene rings is 2. The molecule has 0 saturated heterocycles. The average molecular weight is 424 g/mol. The van der Waals surface area contributed by atoms with Crippen molar-refractivity contribution in [1.29, 1.82) is 0 Å². The fourth-order valence-electron chi connectivity index (χ4n) is 3.08. The molecule has 0 bridgehead atoms. The van der Waals surface area contributed by atoms with E-state index in [-0.39, 0.29) is 12.1 Å². The number of amides is 1. The minimum atomic E-state index is -0.853. The predicted octanol–water partition coefficient (Wildman–Crippen LogP) is 2.80. The molecule has 8 heteroatoms. The third-order valence-electron chi connectivity index (χ3n) is 5.17. The topological polar surface area (TPSA) is 77.2 Å². The fourth-order valence-corrected chi connectivity index (χ4v) is 3.08. The van der Waals surface area contributed by atoms with Crippen LogP contribution in [0.25, 0.3) is 5.69 Å². The van der Waals surface area contributed by atoms with E-state index in [0.717, 1.165) is 14.8 Å². The predicted molar refractivity (Wildman–Crippen MR) is 116 cm³/mol. The highest BCUT2D eigenvalue weighted by atomic mass is 19.1. The Bertz CT molecular complexity index is 1210. The fraction of sp³-hybridized carbons (Fsp3) is 0.304. The second kappa shape index (κ2) is 9.07. The molecule has 2 aromatic carbocycles. The van der Waals surface area contributed by atoms with Gasteiger partial charge in [-0.2, -0.15) is 9.78 Å². The van der Waals surface area contributed by atoms with Crippen molar-refractivity contribution in [2.45, 2.75) is 33.2 Å². The Kier molecular flexibility index (Phi) is 6.48. The van der Waals surface area contributed by atoms with Crippen LogP contribution in [0, 0.1) is 5.82 Å². The Hall–Kier alpha value is -3.55. The molecule has 0 atom stereocenters. The Morgan fingerprint density at radius 3 is 2.32 bits per heavy atom. The smallest absolute Gasteiger partial charge is 0.340 e. The standard InChI is InChI=1S/C23H25FN4O3/c1-5-26(4)21(29)20-22(30)27(14-17-8-6-7-9-19(17)24)23(31)28(25-20)18-12-10-16(11-13-18)15(2)3/h6-13,15H,5,14H2,1-4H3. The van der Waals surface area contributed by atoms with Crippen LogP contribution in [0.2, 0.25) is 0 Å². The molecule has 1 aromatic heterocycles. The van der Waals surface area contributed by atoms with Crippen molar-refractivity contribution in [1.82, 2.24) is 19.2 Å². The van der Waals surface area contributed by atoms with Crippen molar-refractivity contribution in [3.05, 3.63) is 92.0 Å². The molecule has 0 saturated carbocycles. The van der Waals surface area contributed by atoms with E-state index in [4.69, 9.17) is 0 Å². The van der Waals surface area contributed by atoms with Crippen molar-refractivity contribution in [2.75, 3.05) is 13.6 Å². The lowest BCUT2D eigenvalue weighted by molar-refractivity contribution is 0.0791. The van der Waals surface area contributed by atoms with Gasteiger partial charge in [-0.3, -0.25) is 14.2 Å². The summed E-state index contributed by atoms with van der Waals surface area (Å²) < 4.78 is 16.1. The van der Waals surface area contributed by atoms with E-state index < -0.39 is 28.7 Å². The molecule has 0 radical (unpaired) electrons. The summed E-state index contributed by atoms with van der Waals surface area (Å²) in [5.41, 5.74) is -0.358. The van der Waals surface area contributed by atoms with Gasteiger partial charge in [0, 0.05) is 19.2 Å². The molecule has 7 nitrogen and oxygen atoms in total. The number of carbonyl (C=O) groups excluding carboxylic acids is 1. The molecular weight excluding hydrogens is 399 g/mol. The van der Waals surface area contributed by atoms with Crippen molar-refractivity contribution < 1.29 is 9.18 Å². The molecule has 1 heterocycles. The lowest BCUT2D eigenvalue weighted by Gasteiger charge is -2.16. The van der Waals surface area contributed by atoms with Gasteiger partial charge in [0.25, 0.3) is 11.5 Å². The minimum Gasteiger partial charge on any atom is -0.340 e. The summed E-state index contributed by atoms with van der Waals surface area (Å²) in [6.45, 7) is 5.90. The zero-order valence-electron chi connectivity index (χ0n) is 18.0. The summed E-state index contributed by atoms with van der Waals surface area (Å²) in [5.74, 6) is -0.858. The normalized spacial score (nSPS) is 11.0. The number of hydrogen-bond donors (Lipinski definition) is 0. The van der Waals surface area contributed by atoms with Gasteiger partial charge in [0.1, 0.15) is 5.82 Å². The lowest BCUT2D eigenvalue weighted by Crippen LogP contribution is -2.46. The average Bonchev–Trinajstić information content (AvgIpc) is 2.77. The third-order valence-corrected chi connectivity index (χ3v) is 5.17. The van der Waals surface area contributed by atoms with Crippen LogP contribution in [0.15, 0.2) is 58.1 Å². The van der Waals surface area contributed by atoms with Crippen LogP contribution in [0.1, 0.15) is 48.3 Å². The van der Waals surface area contributed by atoms with Crippen molar-refractivity contribution in [2.24, 2.45) is 0 Å². The number of hydrogen-bond acceptors (Lipinski definition) is 4. The molecule has 0 unspecified atom stereocenters. The van der Waals surface area contributed by atoms with Gasteiger partial charge >= 0.3 is 5.69 Å². The molecule has 0 aliphatic rings. The molecule has 1 amide bonds. The molecule has 0 N–H and O–H groups in total. The van der Waals surface area contributed by atoms with E-state index in [2.05, 4.69) is 5.10 Å². The molecule has 3 rings (SSSR count). The minimum absolute atomic E-state index is 0.164. The molecule has 0 spiro atoms. The molecule has 0 aliphatic carbocycles. The first kappa shape index (κ1) is 22.1. The van der Waals surface area contributed by atoms with Gasteiger partial charge in [-0.15, -0.1) is 0 Å². The summed E-state index contributed by atoms with van der Waals surface area (Å²) in [5, 5.41) is 4.10. The van der Waals surface area contributed by atoms with E-state index in [1.54, 1.807) is 25.1 Å². The first-order valence-electron chi connectivity index (χ1n) is 10.1. The van der Waals surface area contributed by atoms with E-state index in [1.165, 1.54) is 30.1 Å². The van der Waals surface area contributed by atoms with Gasteiger partial charge in [-0.05, 0) is 36.6 Å². The van der Waals surface area contributed by atoms with Crippen LogP contribution < -0.4 is 11.2 Å². The monoisotopic (exact) mass is 424 g/mol. The number of rotatable bonds is 6. The van der Waals surface area contributed by atoms with Crippen LogP contribution in [-0.4, -0.2) is 38.7 Å². The highest BCUT2D eigenvalue weighted by molar-refractivity contribution is 5.91.